The molecule has 0 fully saturated rings. The molecular formula is C12H12BrClO. The maximum absolute atomic E-state index is 6.05. The first-order valence-corrected chi connectivity index (χ1v) is 6.21. The van der Waals surface area contributed by atoms with Gasteiger partial charge in [0.15, 0.2) is 5.58 Å². The lowest BCUT2D eigenvalue weighted by Gasteiger charge is -2.09. The largest absolute Gasteiger partial charge is 0.459 e. The lowest BCUT2D eigenvalue weighted by Crippen LogP contribution is -2.02. The van der Waals surface area contributed by atoms with Crippen molar-refractivity contribution in [3.63, 3.8) is 0 Å². The highest BCUT2D eigenvalue weighted by Gasteiger charge is 2.16. The molecule has 0 bridgehead atoms. The molecule has 2 unspecified atom stereocenters. The van der Waals surface area contributed by atoms with Crippen LogP contribution in [0.2, 0.25) is 5.02 Å². The Kier molecular flexibility index (Phi) is 3.08. The van der Waals surface area contributed by atoms with Crippen LogP contribution in [-0.2, 0) is 0 Å². The van der Waals surface area contributed by atoms with E-state index in [1.165, 1.54) is 0 Å². The Balaban J connectivity index is 2.52. The van der Waals surface area contributed by atoms with Crippen molar-refractivity contribution in [2.45, 2.75) is 24.6 Å². The van der Waals surface area contributed by atoms with Crippen LogP contribution in [0, 0.1) is 0 Å². The average Bonchev–Trinajstić information content (AvgIpc) is 2.61. The summed E-state index contributed by atoms with van der Waals surface area (Å²) in [6.07, 6.45) is 0. The number of benzene rings is 1. The Hall–Kier alpha value is -0.470. The molecule has 1 nitrogen and oxygen atoms in total. The van der Waals surface area contributed by atoms with Crippen LogP contribution >= 0.6 is 27.5 Å². The van der Waals surface area contributed by atoms with Crippen molar-refractivity contribution in [3.05, 3.63) is 35.0 Å². The molecule has 15 heavy (non-hydrogen) atoms. The lowest BCUT2D eigenvalue weighted by atomic mass is 10.1. The van der Waals surface area contributed by atoms with Gasteiger partial charge in [-0.2, -0.15) is 0 Å². The van der Waals surface area contributed by atoms with Crippen molar-refractivity contribution < 1.29 is 4.42 Å². The highest BCUT2D eigenvalue weighted by atomic mass is 79.9. The third-order valence-electron chi connectivity index (χ3n) is 2.65. The van der Waals surface area contributed by atoms with E-state index in [0.29, 0.717) is 15.8 Å². The van der Waals surface area contributed by atoms with E-state index < -0.39 is 0 Å². The van der Waals surface area contributed by atoms with E-state index in [1.807, 2.05) is 18.2 Å². The third-order valence-corrected chi connectivity index (χ3v) is 3.74. The zero-order chi connectivity index (χ0) is 11.0. The summed E-state index contributed by atoms with van der Waals surface area (Å²) in [5.74, 6) is 1.32. The molecule has 0 saturated heterocycles. The summed E-state index contributed by atoms with van der Waals surface area (Å²) >= 11 is 9.61. The van der Waals surface area contributed by atoms with E-state index in [1.54, 1.807) is 0 Å². The maximum atomic E-state index is 6.05. The Labute approximate surface area is 103 Å². The third kappa shape index (κ3) is 2.06. The molecule has 1 heterocycles. The minimum atomic E-state index is 0.341. The van der Waals surface area contributed by atoms with Crippen LogP contribution in [0.15, 0.2) is 28.7 Å². The smallest absolute Gasteiger partial charge is 0.152 e. The number of hydrogen-bond acceptors (Lipinski definition) is 1. The molecule has 0 N–H and O–H groups in total. The molecule has 0 saturated carbocycles. The zero-order valence-electron chi connectivity index (χ0n) is 8.63. The highest BCUT2D eigenvalue weighted by molar-refractivity contribution is 9.09. The quantitative estimate of drug-likeness (QED) is 0.711. The van der Waals surface area contributed by atoms with Crippen LogP contribution in [-0.4, -0.2) is 4.83 Å². The molecule has 3 heteroatoms. The van der Waals surface area contributed by atoms with Gasteiger partial charge in [0, 0.05) is 16.1 Å². The van der Waals surface area contributed by atoms with Crippen LogP contribution in [0.1, 0.15) is 25.5 Å². The van der Waals surface area contributed by atoms with Gasteiger partial charge in [-0.25, -0.2) is 0 Å². The molecule has 0 aliphatic rings. The minimum Gasteiger partial charge on any atom is -0.459 e. The highest BCUT2D eigenvalue weighted by Crippen LogP contribution is 2.32. The minimum absolute atomic E-state index is 0.341. The fourth-order valence-electron chi connectivity index (χ4n) is 1.50. The van der Waals surface area contributed by atoms with Crippen molar-refractivity contribution in [1.29, 1.82) is 0 Å². The number of hydrogen-bond donors (Lipinski definition) is 0. The number of furan rings is 1. The molecule has 2 rings (SSSR count). The van der Waals surface area contributed by atoms with Crippen molar-refractivity contribution in [2.24, 2.45) is 0 Å². The van der Waals surface area contributed by atoms with Crippen LogP contribution in [0.25, 0.3) is 11.0 Å². The molecular weight excluding hydrogens is 275 g/mol. The summed E-state index contributed by atoms with van der Waals surface area (Å²) < 4.78 is 5.76. The van der Waals surface area contributed by atoms with Crippen molar-refractivity contribution >= 4 is 38.5 Å². The summed E-state index contributed by atoms with van der Waals surface area (Å²) in [6.45, 7) is 4.24. The SMILES string of the molecule is CC(Br)C(C)c1cc2cccc(Cl)c2o1. The number of alkyl halides is 1. The number of fused-ring (bicyclic) bond motifs is 1. The van der Waals surface area contributed by atoms with Crippen LogP contribution in [0.5, 0.6) is 0 Å². The molecule has 0 aliphatic carbocycles. The second-order valence-corrected chi connectivity index (χ2v) is 5.62. The van der Waals surface area contributed by atoms with E-state index in [4.69, 9.17) is 16.0 Å². The van der Waals surface area contributed by atoms with Gasteiger partial charge in [-0.3, -0.25) is 0 Å². The molecule has 0 spiro atoms. The van der Waals surface area contributed by atoms with E-state index in [-0.39, 0.29) is 0 Å². The predicted octanol–water partition coefficient (Wildman–Crippen LogP) is 4.97. The zero-order valence-corrected chi connectivity index (χ0v) is 11.0. The first kappa shape index (κ1) is 11.0. The molecule has 0 amide bonds. The molecule has 0 aliphatic heterocycles. The van der Waals surface area contributed by atoms with Gasteiger partial charge in [-0.05, 0) is 12.1 Å². The summed E-state index contributed by atoms with van der Waals surface area (Å²) in [5.41, 5.74) is 0.786. The fourth-order valence-corrected chi connectivity index (χ4v) is 1.98. The van der Waals surface area contributed by atoms with Gasteiger partial charge >= 0.3 is 0 Å². The lowest BCUT2D eigenvalue weighted by molar-refractivity contribution is 0.506. The van der Waals surface area contributed by atoms with Crippen LogP contribution in [0.3, 0.4) is 0 Å². The Morgan fingerprint density at radius 1 is 1.33 bits per heavy atom. The van der Waals surface area contributed by atoms with Gasteiger partial charge in [-0.15, -0.1) is 0 Å². The summed E-state index contributed by atoms with van der Waals surface area (Å²) in [7, 11) is 0. The topological polar surface area (TPSA) is 13.1 Å². The van der Waals surface area contributed by atoms with Crippen LogP contribution in [0.4, 0.5) is 0 Å². The molecule has 1 aromatic heterocycles. The van der Waals surface area contributed by atoms with Gasteiger partial charge in [0.25, 0.3) is 0 Å². The number of halogens is 2. The summed E-state index contributed by atoms with van der Waals surface area (Å²) in [5, 5.41) is 1.74. The standard InChI is InChI=1S/C12H12BrClO/c1-7(8(2)13)11-6-9-4-3-5-10(14)12(9)15-11/h3-8H,1-2H3. The summed E-state index contributed by atoms with van der Waals surface area (Å²) in [6, 6.07) is 7.86. The molecule has 1 aromatic carbocycles. The second-order valence-electron chi connectivity index (χ2n) is 3.77. The molecule has 0 radical (unpaired) electrons. The first-order chi connectivity index (χ1) is 7.09. The van der Waals surface area contributed by atoms with Gasteiger partial charge in [-0.1, -0.05) is 53.5 Å². The number of para-hydroxylation sites is 1. The monoisotopic (exact) mass is 286 g/mol. The summed E-state index contributed by atoms with van der Waals surface area (Å²) in [4.78, 5) is 0.386. The fraction of sp³-hybridized carbons (Fsp3) is 0.333. The molecule has 80 valence electrons. The van der Waals surface area contributed by atoms with E-state index >= 15 is 0 Å². The number of rotatable bonds is 2. The van der Waals surface area contributed by atoms with E-state index in [0.717, 1.165) is 16.7 Å². The second kappa shape index (κ2) is 4.18. The Bertz CT molecular complexity index is 475. The predicted molar refractivity (Wildman–Crippen MR) is 68.0 cm³/mol. The van der Waals surface area contributed by atoms with E-state index in [9.17, 15) is 0 Å². The normalized spacial score (nSPS) is 15.5. The molecule has 2 atom stereocenters. The Morgan fingerprint density at radius 3 is 2.67 bits per heavy atom. The van der Waals surface area contributed by atoms with Crippen LogP contribution < -0.4 is 0 Å². The van der Waals surface area contributed by atoms with Crippen molar-refractivity contribution in [2.75, 3.05) is 0 Å². The van der Waals surface area contributed by atoms with E-state index in [2.05, 4.69) is 35.8 Å². The van der Waals surface area contributed by atoms with Gasteiger partial charge in [0.05, 0.1) is 5.02 Å². The van der Waals surface area contributed by atoms with Gasteiger partial charge < -0.3 is 4.42 Å². The van der Waals surface area contributed by atoms with Crippen molar-refractivity contribution in [1.82, 2.24) is 0 Å². The average molecular weight is 288 g/mol. The van der Waals surface area contributed by atoms with Gasteiger partial charge in [0.2, 0.25) is 0 Å². The van der Waals surface area contributed by atoms with Gasteiger partial charge in [0.1, 0.15) is 5.76 Å². The molecule has 2 aromatic rings. The van der Waals surface area contributed by atoms with Crippen molar-refractivity contribution in [3.8, 4) is 0 Å². The maximum Gasteiger partial charge on any atom is 0.152 e. The first-order valence-electron chi connectivity index (χ1n) is 4.91. The Morgan fingerprint density at radius 2 is 2.07 bits per heavy atom.